The van der Waals surface area contributed by atoms with E-state index in [-0.39, 0.29) is 5.91 Å². The molecule has 3 nitrogen and oxygen atoms in total. The van der Waals surface area contributed by atoms with E-state index >= 15 is 0 Å². The van der Waals surface area contributed by atoms with Gasteiger partial charge in [0.1, 0.15) is 0 Å². The molecular weight excluding hydrogens is 272 g/mol. The van der Waals surface area contributed by atoms with Crippen molar-refractivity contribution >= 4 is 23.2 Å². The Labute approximate surface area is 123 Å². The monoisotopic (exact) mass is 288 g/mol. The van der Waals surface area contributed by atoms with Crippen LogP contribution in [0.15, 0.2) is 48.5 Å². The van der Waals surface area contributed by atoms with Crippen molar-refractivity contribution in [3.8, 4) is 0 Å². The molecule has 0 saturated carbocycles. The lowest BCUT2D eigenvalue weighted by Gasteiger charge is -2.09. The first-order valence-corrected chi connectivity index (χ1v) is 6.88. The normalized spacial score (nSPS) is 10.1. The van der Waals surface area contributed by atoms with Gasteiger partial charge in [-0.3, -0.25) is 15.6 Å². The van der Waals surface area contributed by atoms with E-state index in [1.54, 1.807) is 6.07 Å². The zero-order valence-electron chi connectivity index (χ0n) is 11.3. The van der Waals surface area contributed by atoms with Gasteiger partial charge in [0, 0.05) is 11.4 Å². The van der Waals surface area contributed by atoms with Crippen LogP contribution >= 0.6 is 11.6 Å². The van der Waals surface area contributed by atoms with Gasteiger partial charge < -0.3 is 0 Å². The van der Waals surface area contributed by atoms with Crippen LogP contribution in [0.3, 0.4) is 0 Å². The maximum Gasteiger partial charge on any atom is 0.238 e. The predicted octanol–water partition coefficient (Wildman–Crippen LogP) is 3.72. The molecule has 20 heavy (non-hydrogen) atoms. The molecule has 0 atom stereocenters. The van der Waals surface area contributed by atoms with Crippen LogP contribution in [-0.4, -0.2) is 5.91 Å². The van der Waals surface area contributed by atoms with Crippen LogP contribution < -0.4 is 10.9 Å². The minimum Gasteiger partial charge on any atom is -0.299 e. The Balaban J connectivity index is 1.79. The van der Waals surface area contributed by atoms with Crippen LogP contribution in [0.1, 0.15) is 17.5 Å². The molecule has 0 unspecified atom stereocenters. The fourth-order valence-electron chi connectivity index (χ4n) is 1.78. The number of hydrogen-bond donors (Lipinski definition) is 2. The Morgan fingerprint density at radius 2 is 1.90 bits per heavy atom. The predicted molar refractivity (Wildman–Crippen MR) is 82.7 cm³/mol. The number of amides is 1. The number of benzene rings is 2. The summed E-state index contributed by atoms with van der Waals surface area (Å²) in [5.41, 5.74) is 8.47. The van der Waals surface area contributed by atoms with Gasteiger partial charge in [-0.05, 0) is 36.6 Å². The lowest BCUT2D eigenvalue weighted by atomic mass is 10.1. The largest absolute Gasteiger partial charge is 0.299 e. The van der Waals surface area contributed by atoms with Crippen LogP contribution in [0, 0.1) is 6.92 Å². The van der Waals surface area contributed by atoms with E-state index in [1.807, 2.05) is 49.4 Å². The van der Waals surface area contributed by atoms with Crippen LogP contribution in [-0.2, 0) is 11.2 Å². The van der Waals surface area contributed by atoms with Gasteiger partial charge in [0.25, 0.3) is 0 Å². The molecule has 2 aromatic carbocycles. The van der Waals surface area contributed by atoms with Crippen molar-refractivity contribution in [3.05, 3.63) is 64.7 Å². The van der Waals surface area contributed by atoms with E-state index in [2.05, 4.69) is 10.9 Å². The Bertz CT molecular complexity index is 584. The van der Waals surface area contributed by atoms with Crippen molar-refractivity contribution in [3.63, 3.8) is 0 Å². The molecule has 0 bridgehead atoms. The van der Waals surface area contributed by atoms with Gasteiger partial charge in [-0.15, -0.1) is 0 Å². The van der Waals surface area contributed by atoms with Gasteiger partial charge in [-0.2, -0.15) is 0 Å². The summed E-state index contributed by atoms with van der Waals surface area (Å²) in [5.74, 6) is -0.0504. The number of halogens is 1. The van der Waals surface area contributed by atoms with E-state index in [0.29, 0.717) is 11.4 Å². The van der Waals surface area contributed by atoms with Crippen molar-refractivity contribution in [1.29, 1.82) is 0 Å². The summed E-state index contributed by atoms with van der Waals surface area (Å²) in [6, 6.07) is 15.5. The second kappa shape index (κ2) is 6.96. The third kappa shape index (κ3) is 4.28. The summed E-state index contributed by atoms with van der Waals surface area (Å²) in [6.45, 7) is 1.94. The maximum absolute atomic E-state index is 11.7. The summed E-state index contributed by atoms with van der Waals surface area (Å²) < 4.78 is 0. The first kappa shape index (κ1) is 14.4. The number of hydrazine groups is 1. The quantitative estimate of drug-likeness (QED) is 0.823. The van der Waals surface area contributed by atoms with Gasteiger partial charge in [-0.1, -0.05) is 48.0 Å². The molecule has 0 aromatic heterocycles. The van der Waals surface area contributed by atoms with E-state index in [1.165, 1.54) is 0 Å². The zero-order chi connectivity index (χ0) is 14.4. The molecule has 0 fully saturated rings. The second-order valence-electron chi connectivity index (χ2n) is 4.62. The van der Waals surface area contributed by atoms with Crippen LogP contribution in [0.4, 0.5) is 5.69 Å². The van der Waals surface area contributed by atoms with Gasteiger partial charge in [0.15, 0.2) is 0 Å². The van der Waals surface area contributed by atoms with Gasteiger partial charge >= 0.3 is 0 Å². The first-order valence-electron chi connectivity index (χ1n) is 6.50. The maximum atomic E-state index is 11.7. The fourth-order valence-corrected chi connectivity index (χ4v) is 1.96. The summed E-state index contributed by atoms with van der Waals surface area (Å²) in [4.78, 5) is 11.7. The molecule has 2 rings (SSSR count). The minimum atomic E-state index is -0.0504. The van der Waals surface area contributed by atoms with Crippen LogP contribution in [0.5, 0.6) is 0 Å². The molecule has 104 valence electrons. The number of rotatable bonds is 5. The van der Waals surface area contributed by atoms with E-state index in [9.17, 15) is 4.79 Å². The first-order chi connectivity index (χ1) is 9.65. The van der Waals surface area contributed by atoms with Crippen LogP contribution in [0.25, 0.3) is 0 Å². The molecule has 0 spiro atoms. The molecule has 4 heteroatoms. The van der Waals surface area contributed by atoms with Crippen molar-refractivity contribution in [2.75, 3.05) is 5.43 Å². The van der Waals surface area contributed by atoms with E-state index in [4.69, 9.17) is 11.6 Å². The molecular formula is C16H17ClN2O. The lowest BCUT2D eigenvalue weighted by Crippen LogP contribution is -2.29. The van der Waals surface area contributed by atoms with Crippen molar-refractivity contribution < 1.29 is 4.79 Å². The zero-order valence-corrected chi connectivity index (χ0v) is 12.1. The average Bonchev–Trinajstić information content (AvgIpc) is 2.47. The minimum absolute atomic E-state index is 0.0504. The molecule has 0 radical (unpaired) electrons. The number of carbonyl (C=O) groups excluding carboxylic acids is 1. The number of hydrogen-bond acceptors (Lipinski definition) is 2. The average molecular weight is 289 g/mol. The van der Waals surface area contributed by atoms with Crippen molar-refractivity contribution in [2.45, 2.75) is 19.8 Å². The van der Waals surface area contributed by atoms with Crippen molar-refractivity contribution in [2.24, 2.45) is 0 Å². The van der Waals surface area contributed by atoms with Gasteiger partial charge in [-0.25, -0.2) is 0 Å². The fraction of sp³-hybridized carbons (Fsp3) is 0.188. The molecule has 0 aliphatic rings. The summed E-state index contributed by atoms with van der Waals surface area (Å²) >= 11 is 6.02. The highest BCUT2D eigenvalue weighted by molar-refractivity contribution is 6.31. The number of aryl methyl sites for hydroxylation is 2. The number of nitrogens with one attached hydrogen (secondary N) is 2. The van der Waals surface area contributed by atoms with Crippen LogP contribution in [0.2, 0.25) is 5.02 Å². The highest BCUT2D eigenvalue weighted by Crippen LogP contribution is 2.19. The summed E-state index contributed by atoms with van der Waals surface area (Å²) in [7, 11) is 0. The Morgan fingerprint density at radius 3 is 2.60 bits per heavy atom. The lowest BCUT2D eigenvalue weighted by molar-refractivity contribution is -0.120. The topological polar surface area (TPSA) is 41.1 Å². The summed E-state index contributed by atoms with van der Waals surface area (Å²) in [5, 5.41) is 0.675. The molecule has 1 amide bonds. The molecule has 2 aromatic rings. The summed E-state index contributed by atoms with van der Waals surface area (Å²) in [6.07, 6.45) is 1.17. The molecule has 0 aliphatic heterocycles. The van der Waals surface area contributed by atoms with Gasteiger partial charge in [0.05, 0.1) is 5.69 Å². The molecule has 0 saturated heterocycles. The van der Waals surface area contributed by atoms with Gasteiger partial charge in [0.2, 0.25) is 5.91 Å². The molecule has 0 heterocycles. The second-order valence-corrected chi connectivity index (χ2v) is 5.03. The molecule has 2 N–H and O–H groups in total. The Hall–Kier alpha value is -2.00. The third-order valence-corrected chi connectivity index (χ3v) is 3.41. The van der Waals surface area contributed by atoms with E-state index in [0.717, 1.165) is 23.2 Å². The van der Waals surface area contributed by atoms with E-state index < -0.39 is 0 Å². The SMILES string of the molecule is Cc1ccc(NNC(=O)CCc2ccccc2)cc1Cl. The third-order valence-electron chi connectivity index (χ3n) is 3.00. The molecule has 0 aliphatic carbocycles. The highest BCUT2D eigenvalue weighted by atomic mass is 35.5. The number of carbonyl (C=O) groups is 1. The Kier molecular flexibility index (Phi) is 5.02. The number of anilines is 1. The highest BCUT2D eigenvalue weighted by Gasteiger charge is 2.02. The Morgan fingerprint density at radius 1 is 1.15 bits per heavy atom. The standard InChI is InChI=1S/C16H17ClN2O/c1-12-7-9-14(11-15(12)17)18-19-16(20)10-8-13-5-3-2-4-6-13/h2-7,9,11,18H,8,10H2,1H3,(H,19,20). The smallest absolute Gasteiger partial charge is 0.238 e. The van der Waals surface area contributed by atoms with Crippen molar-refractivity contribution in [1.82, 2.24) is 5.43 Å².